The maximum Gasteiger partial charge on any atom is -0.00263 e. The van der Waals surface area contributed by atoms with Crippen molar-refractivity contribution < 1.29 is 0 Å². The second-order valence-electron chi connectivity index (χ2n) is 4.48. The minimum Gasteiger partial charge on any atom is -0.0984 e. The molecular formula is C19H20. The molecule has 19 heavy (non-hydrogen) atoms. The average molecular weight is 248 g/mol. The maximum absolute atomic E-state index is 4.10. The molecular weight excluding hydrogens is 228 g/mol. The van der Waals surface area contributed by atoms with E-state index >= 15 is 0 Å². The molecule has 0 atom stereocenters. The van der Waals surface area contributed by atoms with Gasteiger partial charge in [-0.25, -0.2) is 0 Å². The van der Waals surface area contributed by atoms with Crippen LogP contribution < -0.4 is 0 Å². The van der Waals surface area contributed by atoms with E-state index in [0.29, 0.717) is 0 Å². The summed E-state index contributed by atoms with van der Waals surface area (Å²) in [6, 6.07) is 12.9. The molecule has 0 heterocycles. The Morgan fingerprint density at radius 2 is 1.58 bits per heavy atom. The first-order valence-corrected chi connectivity index (χ1v) is 6.79. The van der Waals surface area contributed by atoms with Crippen LogP contribution in [0.5, 0.6) is 0 Å². The lowest BCUT2D eigenvalue weighted by Crippen LogP contribution is -1.83. The van der Waals surface area contributed by atoms with Crippen LogP contribution in [0.4, 0.5) is 0 Å². The summed E-state index contributed by atoms with van der Waals surface area (Å²) in [5.74, 6) is 0. The Kier molecular flexibility index (Phi) is 3.71. The van der Waals surface area contributed by atoms with Gasteiger partial charge in [-0.2, -0.15) is 0 Å². The predicted molar refractivity (Wildman–Crippen MR) is 87.1 cm³/mol. The van der Waals surface area contributed by atoms with E-state index < -0.39 is 0 Å². The first kappa shape index (κ1) is 13.4. The molecule has 0 spiro atoms. The summed E-state index contributed by atoms with van der Waals surface area (Å²) in [5, 5.41) is 2.62. The highest BCUT2D eigenvalue weighted by molar-refractivity contribution is 6.18. The number of benzene rings is 2. The van der Waals surface area contributed by atoms with Crippen LogP contribution in [-0.4, -0.2) is 0 Å². The van der Waals surface area contributed by atoms with Crippen LogP contribution in [0.2, 0.25) is 0 Å². The Hall–Kier alpha value is -2.08. The van der Waals surface area contributed by atoms with E-state index in [1.165, 1.54) is 33.0 Å². The van der Waals surface area contributed by atoms with E-state index in [9.17, 15) is 0 Å². The Bertz CT molecular complexity index is 679. The normalized spacial score (nSPS) is 12.2. The van der Waals surface area contributed by atoms with Crippen molar-refractivity contribution in [2.45, 2.75) is 20.8 Å². The van der Waals surface area contributed by atoms with E-state index in [1.807, 2.05) is 19.9 Å². The molecule has 3 rings (SSSR count). The molecule has 2 aromatic carbocycles. The quantitative estimate of drug-likeness (QED) is 0.625. The molecule has 0 heteroatoms. The summed E-state index contributed by atoms with van der Waals surface area (Å²) in [5.41, 5.74) is 6.13. The van der Waals surface area contributed by atoms with Gasteiger partial charge in [-0.3, -0.25) is 0 Å². The van der Waals surface area contributed by atoms with E-state index in [-0.39, 0.29) is 0 Å². The largest absolute Gasteiger partial charge is 0.0984 e. The average Bonchev–Trinajstić information content (AvgIpc) is 2.78. The Morgan fingerprint density at radius 3 is 2.11 bits per heavy atom. The van der Waals surface area contributed by atoms with Crippen LogP contribution >= 0.6 is 0 Å². The fraction of sp³-hybridized carbons (Fsp3) is 0.158. The van der Waals surface area contributed by atoms with Crippen LogP contribution in [0.25, 0.3) is 21.9 Å². The molecule has 2 aromatic rings. The van der Waals surface area contributed by atoms with Gasteiger partial charge in [0.1, 0.15) is 0 Å². The van der Waals surface area contributed by atoms with Crippen LogP contribution in [0.15, 0.2) is 61.2 Å². The van der Waals surface area contributed by atoms with Crippen LogP contribution in [0.1, 0.15) is 31.9 Å². The summed E-state index contributed by atoms with van der Waals surface area (Å²) in [6.07, 6.45) is 1.94. The molecule has 0 nitrogen and oxygen atoms in total. The van der Waals surface area contributed by atoms with Crippen molar-refractivity contribution >= 4 is 21.9 Å². The fourth-order valence-corrected chi connectivity index (χ4v) is 2.73. The molecule has 0 saturated heterocycles. The van der Waals surface area contributed by atoms with Gasteiger partial charge in [0.25, 0.3) is 0 Å². The van der Waals surface area contributed by atoms with Gasteiger partial charge in [0.05, 0.1) is 0 Å². The molecule has 0 radical (unpaired) electrons. The molecule has 0 aliphatic heterocycles. The van der Waals surface area contributed by atoms with Crippen LogP contribution in [0.3, 0.4) is 0 Å². The van der Waals surface area contributed by atoms with Crippen LogP contribution in [0, 0.1) is 0 Å². The zero-order chi connectivity index (χ0) is 14.0. The summed E-state index contributed by atoms with van der Waals surface area (Å²) in [7, 11) is 0. The molecule has 1 aliphatic rings. The summed E-state index contributed by atoms with van der Waals surface area (Å²) in [4.78, 5) is 0. The lowest BCUT2D eigenvalue weighted by atomic mass is 9.99. The second kappa shape index (κ2) is 5.27. The van der Waals surface area contributed by atoms with Gasteiger partial charge < -0.3 is 0 Å². The fourth-order valence-electron chi connectivity index (χ4n) is 2.73. The standard InChI is InChI=1S/C17H14.C2H6/c1-4-13-14-9-5-7-12-8-6-10-15(17(12)14)16(13)11(2)3;1-2/h4-10H,1-2H2,3H3;1-2H3. The number of rotatable bonds is 2. The van der Waals surface area contributed by atoms with E-state index in [4.69, 9.17) is 0 Å². The lowest BCUT2D eigenvalue weighted by Gasteiger charge is -2.05. The first-order valence-electron chi connectivity index (χ1n) is 6.79. The molecule has 0 amide bonds. The highest BCUT2D eigenvalue weighted by atomic mass is 14.2. The minimum absolute atomic E-state index is 1.10. The smallest absolute Gasteiger partial charge is 0.00263 e. The minimum atomic E-state index is 1.10. The Morgan fingerprint density at radius 1 is 1.00 bits per heavy atom. The molecule has 0 aromatic heterocycles. The number of allylic oxidation sites excluding steroid dienone is 4. The van der Waals surface area contributed by atoms with Gasteiger partial charge in [0, 0.05) is 0 Å². The predicted octanol–water partition coefficient (Wildman–Crippen LogP) is 5.85. The lowest BCUT2D eigenvalue weighted by molar-refractivity contribution is 1.50. The van der Waals surface area contributed by atoms with Gasteiger partial charge >= 0.3 is 0 Å². The molecule has 0 unspecified atom stereocenters. The molecule has 0 N–H and O–H groups in total. The van der Waals surface area contributed by atoms with Crippen molar-refractivity contribution in [1.29, 1.82) is 0 Å². The van der Waals surface area contributed by atoms with Crippen molar-refractivity contribution in [2.75, 3.05) is 0 Å². The molecule has 0 bridgehead atoms. The summed E-state index contributed by atoms with van der Waals surface area (Å²) < 4.78 is 0. The van der Waals surface area contributed by atoms with Crippen LogP contribution in [-0.2, 0) is 0 Å². The van der Waals surface area contributed by atoms with E-state index in [0.717, 1.165) is 5.57 Å². The molecule has 1 aliphatic carbocycles. The van der Waals surface area contributed by atoms with Crippen molar-refractivity contribution in [1.82, 2.24) is 0 Å². The highest BCUT2D eigenvalue weighted by Crippen LogP contribution is 2.44. The zero-order valence-electron chi connectivity index (χ0n) is 12.0. The Labute approximate surface area is 115 Å². The maximum atomic E-state index is 4.10. The molecule has 0 saturated carbocycles. The number of hydrogen-bond acceptors (Lipinski definition) is 0. The van der Waals surface area contributed by atoms with E-state index in [2.05, 4.69) is 56.5 Å². The van der Waals surface area contributed by atoms with Gasteiger partial charge in [-0.15, -0.1) is 0 Å². The summed E-state index contributed by atoms with van der Waals surface area (Å²) in [6.45, 7) is 14.1. The Balaban J connectivity index is 0.000000637. The van der Waals surface area contributed by atoms with E-state index in [1.54, 1.807) is 0 Å². The summed E-state index contributed by atoms with van der Waals surface area (Å²) >= 11 is 0. The third-order valence-electron chi connectivity index (χ3n) is 3.36. The van der Waals surface area contributed by atoms with Gasteiger partial charge in [0.15, 0.2) is 0 Å². The van der Waals surface area contributed by atoms with Crippen molar-refractivity contribution in [3.05, 3.63) is 72.3 Å². The van der Waals surface area contributed by atoms with Crippen molar-refractivity contribution in [3.8, 4) is 0 Å². The van der Waals surface area contributed by atoms with Crippen molar-refractivity contribution in [2.24, 2.45) is 0 Å². The molecule has 96 valence electrons. The highest BCUT2D eigenvalue weighted by Gasteiger charge is 2.21. The third kappa shape index (κ3) is 1.94. The SMILES string of the molecule is C=CC1=C(C(=C)C)c2cccc3cccc1c23.CC. The van der Waals surface area contributed by atoms with Crippen molar-refractivity contribution in [3.63, 3.8) is 0 Å². The topological polar surface area (TPSA) is 0 Å². The zero-order valence-corrected chi connectivity index (χ0v) is 12.0. The van der Waals surface area contributed by atoms with Gasteiger partial charge in [-0.05, 0) is 45.5 Å². The monoisotopic (exact) mass is 248 g/mol. The third-order valence-corrected chi connectivity index (χ3v) is 3.36. The van der Waals surface area contributed by atoms with Gasteiger partial charge in [-0.1, -0.05) is 69.5 Å². The second-order valence-corrected chi connectivity index (χ2v) is 4.48. The van der Waals surface area contributed by atoms with Gasteiger partial charge in [0.2, 0.25) is 0 Å². The first-order chi connectivity index (χ1) is 9.24. The molecule has 0 fully saturated rings. The number of hydrogen-bond donors (Lipinski definition) is 0.